The molecule has 0 aliphatic carbocycles. The predicted molar refractivity (Wildman–Crippen MR) is 67.6 cm³/mol. The number of amides is 1. The lowest BCUT2D eigenvalue weighted by Gasteiger charge is -2.43. The van der Waals surface area contributed by atoms with Crippen molar-refractivity contribution in [1.82, 2.24) is 9.80 Å². The molecular formula is C11H22N2O3S. The van der Waals surface area contributed by atoms with Crippen LogP contribution in [0.5, 0.6) is 0 Å². The van der Waals surface area contributed by atoms with E-state index in [1.165, 1.54) is 6.92 Å². The van der Waals surface area contributed by atoms with Crippen LogP contribution in [0.4, 0.5) is 0 Å². The van der Waals surface area contributed by atoms with Gasteiger partial charge in [0.25, 0.3) is 0 Å². The van der Waals surface area contributed by atoms with Crippen LogP contribution in [0, 0.1) is 0 Å². The third kappa shape index (κ3) is 3.19. The van der Waals surface area contributed by atoms with Gasteiger partial charge in [0.15, 0.2) is 9.84 Å². The van der Waals surface area contributed by atoms with Crippen molar-refractivity contribution in [2.24, 2.45) is 0 Å². The fourth-order valence-corrected chi connectivity index (χ4v) is 2.52. The van der Waals surface area contributed by atoms with Gasteiger partial charge in [0.1, 0.15) is 5.25 Å². The molecule has 1 fully saturated rings. The van der Waals surface area contributed by atoms with E-state index in [-0.39, 0.29) is 18.0 Å². The minimum atomic E-state index is -3.31. The highest BCUT2D eigenvalue weighted by Gasteiger charge is 2.35. The molecule has 1 saturated heterocycles. The number of hydrogen-bond donors (Lipinski definition) is 0. The maximum atomic E-state index is 12.1. The highest BCUT2D eigenvalue weighted by atomic mass is 32.2. The van der Waals surface area contributed by atoms with Gasteiger partial charge in [0.2, 0.25) is 5.91 Å². The number of likely N-dealkylation sites (N-methyl/N-ethyl adjacent to an activating group) is 1. The molecule has 100 valence electrons. The molecular weight excluding hydrogens is 240 g/mol. The Bertz CT molecular complexity index is 394. The summed E-state index contributed by atoms with van der Waals surface area (Å²) in [7, 11) is -1.29. The zero-order chi connectivity index (χ0) is 13.4. The van der Waals surface area contributed by atoms with Crippen molar-refractivity contribution >= 4 is 15.7 Å². The first kappa shape index (κ1) is 14.4. The molecule has 3 unspecified atom stereocenters. The number of carbonyl (C=O) groups excluding carboxylic acids is 1. The van der Waals surface area contributed by atoms with E-state index in [1.807, 2.05) is 20.9 Å². The van der Waals surface area contributed by atoms with E-state index in [0.717, 1.165) is 12.8 Å². The van der Waals surface area contributed by atoms with E-state index in [9.17, 15) is 13.2 Å². The Kier molecular flexibility index (Phi) is 4.19. The Hall–Kier alpha value is -0.620. The van der Waals surface area contributed by atoms with Crippen molar-refractivity contribution in [3.8, 4) is 0 Å². The second kappa shape index (κ2) is 4.94. The molecule has 1 aliphatic heterocycles. The zero-order valence-corrected chi connectivity index (χ0v) is 12.0. The standard InChI is InChI=1S/C11H22N2O3S/c1-8-7-13(9(2)6-12(8)4)11(14)10(3)17(5,15)16/h8-10H,6-7H2,1-5H3. The summed E-state index contributed by atoms with van der Waals surface area (Å²) in [6.45, 7) is 6.83. The van der Waals surface area contributed by atoms with E-state index in [4.69, 9.17) is 0 Å². The minimum absolute atomic E-state index is 0.0629. The number of hydrogen-bond acceptors (Lipinski definition) is 4. The van der Waals surface area contributed by atoms with Crippen LogP contribution in [0.1, 0.15) is 20.8 Å². The van der Waals surface area contributed by atoms with Gasteiger partial charge < -0.3 is 4.90 Å². The largest absolute Gasteiger partial charge is 0.336 e. The summed E-state index contributed by atoms with van der Waals surface area (Å²) in [5, 5.41) is -0.944. The van der Waals surface area contributed by atoms with Gasteiger partial charge in [0.05, 0.1) is 0 Å². The number of nitrogens with zero attached hydrogens (tertiary/aromatic N) is 2. The topological polar surface area (TPSA) is 57.7 Å². The number of rotatable bonds is 2. The van der Waals surface area contributed by atoms with Crippen LogP contribution < -0.4 is 0 Å². The summed E-state index contributed by atoms with van der Waals surface area (Å²) in [5.74, 6) is -0.278. The van der Waals surface area contributed by atoms with Gasteiger partial charge in [0, 0.05) is 31.4 Å². The molecule has 0 aromatic carbocycles. The van der Waals surface area contributed by atoms with Gasteiger partial charge in [-0.05, 0) is 27.8 Å². The number of piperazine rings is 1. The highest BCUT2D eigenvalue weighted by molar-refractivity contribution is 7.92. The summed E-state index contributed by atoms with van der Waals surface area (Å²) in [6.07, 6.45) is 1.11. The monoisotopic (exact) mass is 262 g/mol. The van der Waals surface area contributed by atoms with E-state index in [2.05, 4.69) is 4.90 Å². The van der Waals surface area contributed by atoms with Crippen LogP contribution in [-0.4, -0.2) is 67.9 Å². The molecule has 0 spiro atoms. The Morgan fingerprint density at radius 2 is 1.76 bits per heavy atom. The molecule has 0 radical (unpaired) electrons. The average Bonchev–Trinajstić information content (AvgIpc) is 2.20. The van der Waals surface area contributed by atoms with Crippen molar-refractivity contribution in [2.45, 2.75) is 38.1 Å². The molecule has 0 bridgehead atoms. The maximum Gasteiger partial charge on any atom is 0.240 e. The molecule has 6 heteroatoms. The first-order valence-electron chi connectivity index (χ1n) is 5.84. The van der Waals surface area contributed by atoms with Crippen LogP contribution in [0.2, 0.25) is 0 Å². The molecule has 1 aliphatic rings. The van der Waals surface area contributed by atoms with Crippen LogP contribution in [0.3, 0.4) is 0 Å². The number of carbonyl (C=O) groups is 1. The molecule has 0 N–H and O–H groups in total. The summed E-state index contributed by atoms with van der Waals surface area (Å²) in [5.41, 5.74) is 0. The van der Waals surface area contributed by atoms with Crippen LogP contribution >= 0.6 is 0 Å². The van der Waals surface area contributed by atoms with Crippen molar-refractivity contribution in [2.75, 3.05) is 26.4 Å². The van der Waals surface area contributed by atoms with Crippen molar-refractivity contribution < 1.29 is 13.2 Å². The van der Waals surface area contributed by atoms with Gasteiger partial charge in [-0.2, -0.15) is 0 Å². The van der Waals surface area contributed by atoms with Crippen molar-refractivity contribution in [1.29, 1.82) is 0 Å². The van der Waals surface area contributed by atoms with Gasteiger partial charge in [-0.25, -0.2) is 8.42 Å². The molecule has 0 aromatic heterocycles. The third-order valence-electron chi connectivity index (χ3n) is 3.57. The van der Waals surface area contributed by atoms with E-state index < -0.39 is 15.1 Å². The minimum Gasteiger partial charge on any atom is -0.336 e. The first-order valence-corrected chi connectivity index (χ1v) is 7.79. The molecule has 1 rings (SSSR count). The second-order valence-electron chi connectivity index (χ2n) is 5.10. The van der Waals surface area contributed by atoms with Gasteiger partial charge in [-0.15, -0.1) is 0 Å². The lowest BCUT2D eigenvalue weighted by molar-refractivity contribution is -0.135. The van der Waals surface area contributed by atoms with E-state index in [0.29, 0.717) is 6.54 Å². The molecule has 0 aromatic rings. The Morgan fingerprint density at radius 3 is 2.24 bits per heavy atom. The van der Waals surface area contributed by atoms with E-state index >= 15 is 0 Å². The molecule has 17 heavy (non-hydrogen) atoms. The van der Waals surface area contributed by atoms with Gasteiger partial charge >= 0.3 is 0 Å². The van der Waals surface area contributed by atoms with Crippen LogP contribution in [0.25, 0.3) is 0 Å². The van der Waals surface area contributed by atoms with Crippen LogP contribution in [-0.2, 0) is 14.6 Å². The smallest absolute Gasteiger partial charge is 0.240 e. The molecule has 1 amide bonds. The highest BCUT2D eigenvalue weighted by Crippen LogP contribution is 2.16. The fraction of sp³-hybridized carbons (Fsp3) is 0.909. The molecule has 3 atom stereocenters. The van der Waals surface area contributed by atoms with Crippen molar-refractivity contribution in [3.05, 3.63) is 0 Å². The lowest BCUT2D eigenvalue weighted by Crippen LogP contribution is -2.59. The fourth-order valence-electron chi connectivity index (χ4n) is 2.02. The normalized spacial score (nSPS) is 29.1. The SMILES string of the molecule is CC1CN(C(=O)C(C)S(C)(=O)=O)C(C)CN1C. The third-order valence-corrected chi connectivity index (χ3v) is 5.06. The summed E-state index contributed by atoms with van der Waals surface area (Å²) < 4.78 is 22.8. The summed E-state index contributed by atoms with van der Waals surface area (Å²) >= 11 is 0. The second-order valence-corrected chi connectivity index (χ2v) is 7.47. The first-order chi connectivity index (χ1) is 7.64. The molecule has 1 heterocycles. The zero-order valence-electron chi connectivity index (χ0n) is 11.2. The van der Waals surface area contributed by atoms with Gasteiger partial charge in [-0.1, -0.05) is 0 Å². The number of sulfone groups is 1. The van der Waals surface area contributed by atoms with Crippen LogP contribution in [0.15, 0.2) is 0 Å². The van der Waals surface area contributed by atoms with Gasteiger partial charge in [-0.3, -0.25) is 9.69 Å². The summed E-state index contributed by atoms with van der Waals surface area (Å²) in [4.78, 5) is 16.0. The summed E-state index contributed by atoms with van der Waals surface area (Å²) in [6, 6.07) is 0.329. The van der Waals surface area contributed by atoms with E-state index in [1.54, 1.807) is 4.90 Å². The lowest BCUT2D eigenvalue weighted by atomic mass is 10.1. The Labute approximate surface area is 104 Å². The molecule has 0 saturated carbocycles. The quantitative estimate of drug-likeness (QED) is 0.701. The Morgan fingerprint density at radius 1 is 1.24 bits per heavy atom. The average molecular weight is 262 g/mol. The Balaban J connectivity index is 2.83. The maximum absolute atomic E-state index is 12.1. The predicted octanol–water partition coefficient (Wildman–Crippen LogP) is -0.0295. The molecule has 5 nitrogen and oxygen atoms in total. The van der Waals surface area contributed by atoms with Crippen molar-refractivity contribution in [3.63, 3.8) is 0 Å².